The first-order valence-corrected chi connectivity index (χ1v) is 10.2. The van der Waals surface area contributed by atoms with E-state index in [0.29, 0.717) is 17.9 Å². The van der Waals surface area contributed by atoms with E-state index in [9.17, 15) is 13.2 Å². The molecule has 26 heavy (non-hydrogen) atoms. The van der Waals surface area contributed by atoms with Crippen LogP contribution in [0.1, 0.15) is 21.0 Å². The molecule has 1 N–H and O–H groups in total. The monoisotopic (exact) mass is 390 g/mol. The van der Waals surface area contributed by atoms with E-state index in [0.717, 1.165) is 4.88 Å². The lowest BCUT2D eigenvalue weighted by atomic mass is 10.2. The number of furan rings is 1. The molecule has 0 aliphatic rings. The third kappa shape index (κ3) is 4.40. The number of nitrogens with zero attached hydrogens (tertiary/aromatic N) is 1. The van der Waals surface area contributed by atoms with Crippen molar-refractivity contribution in [2.75, 3.05) is 7.05 Å². The molecule has 0 saturated heterocycles. The molecular formula is C18H18N2O4S2. The van der Waals surface area contributed by atoms with Crippen molar-refractivity contribution in [3.05, 3.63) is 76.4 Å². The molecule has 0 unspecified atom stereocenters. The smallest absolute Gasteiger partial charge is 0.254 e. The Morgan fingerprint density at radius 1 is 1.19 bits per heavy atom. The van der Waals surface area contributed by atoms with E-state index >= 15 is 0 Å². The zero-order valence-electron chi connectivity index (χ0n) is 14.1. The van der Waals surface area contributed by atoms with Crippen LogP contribution in [0.5, 0.6) is 0 Å². The summed E-state index contributed by atoms with van der Waals surface area (Å²) in [5.41, 5.74) is 0.304. The molecule has 8 heteroatoms. The summed E-state index contributed by atoms with van der Waals surface area (Å²) in [5, 5.41) is 1.89. The van der Waals surface area contributed by atoms with Crippen molar-refractivity contribution in [3.63, 3.8) is 0 Å². The maximum Gasteiger partial charge on any atom is 0.254 e. The van der Waals surface area contributed by atoms with Gasteiger partial charge in [-0.05, 0) is 41.8 Å². The Balaban J connectivity index is 1.73. The third-order valence-electron chi connectivity index (χ3n) is 3.73. The summed E-state index contributed by atoms with van der Waals surface area (Å²) in [5.74, 6) is 0.374. The van der Waals surface area contributed by atoms with E-state index < -0.39 is 10.0 Å². The number of carbonyl (C=O) groups excluding carboxylic acids is 1. The van der Waals surface area contributed by atoms with Gasteiger partial charge in [0.05, 0.1) is 17.7 Å². The van der Waals surface area contributed by atoms with Gasteiger partial charge in [-0.25, -0.2) is 13.1 Å². The van der Waals surface area contributed by atoms with Crippen LogP contribution in [-0.4, -0.2) is 26.3 Å². The highest BCUT2D eigenvalue weighted by molar-refractivity contribution is 7.89. The Bertz CT molecular complexity index is 965. The van der Waals surface area contributed by atoms with Crippen molar-refractivity contribution in [2.45, 2.75) is 18.0 Å². The number of thiophene rings is 1. The predicted molar refractivity (Wildman–Crippen MR) is 99.3 cm³/mol. The van der Waals surface area contributed by atoms with Crippen molar-refractivity contribution in [2.24, 2.45) is 0 Å². The summed E-state index contributed by atoms with van der Waals surface area (Å²) < 4.78 is 32.8. The molecule has 0 radical (unpaired) electrons. The molecule has 0 atom stereocenters. The fourth-order valence-corrected chi connectivity index (χ4v) is 4.18. The van der Waals surface area contributed by atoms with Gasteiger partial charge >= 0.3 is 0 Å². The van der Waals surface area contributed by atoms with Crippen molar-refractivity contribution in [1.29, 1.82) is 0 Å². The standard InChI is InChI=1S/C18H18N2O4S2/c1-20(13-15-6-3-9-24-15)18(21)14-5-2-8-17(11-14)26(22,23)19-12-16-7-4-10-25-16/h2-11,19H,12-13H2,1H3. The summed E-state index contributed by atoms with van der Waals surface area (Å²) >= 11 is 1.48. The van der Waals surface area contributed by atoms with Crippen LogP contribution in [0, 0.1) is 0 Å². The van der Waals surface area contributed by atoms with Crippen molar-refractivity contribution in [3.8, 4) is 0 Å². The Hall–Kier alpha value is -2.42. The second-order valence-corrected chi connectivity index (χ2v) is 8.47. The first-order chi connectivity index (χ1) is 12.5. The fraction of sp³-hybridized carbons (Fsp3) is 0.167. The van der Waals surface area contributed by atoms with Crippen LogP contribution >= 0.6 is 11.3 Å². The van der Waals surface area contributed by atoms with Crippen LogP contribution in [0.15, 0.2) is 69.5 Å². The van der Waals surface area contributed by atoms with E-state index in [1.165, 1.54) is 28.4 Å². The van der Waals surface area contributed by atoms with Gasteiger partial charge in [-0.2, -0.15) is 0 Å². The van der Waals surface area contributed by atoms with Crippen molar-refractivity contribution >= 4 is 27.3 Å². The van der Waals surface area contributed by atoms with Crippen LogP contribution in [0.2, 0.25) is 0 Å². The van der Waals surface area contributed by atoms with Gasteiger partial charge < -0.3 is 9.32 Å². The minimum atomic E-state index is -3.70. The van der Waals surface area contributed by atoms with Crippen LogP contribution < -0.4 is 4.72 Å². The molecule has 0 aliphatic carbocycles. The number of benzene rings is 1. The van der Waals surface area contributed by atoms with Crippen LogP contribution in [-0.2, 0) is 23.1 Å². The molecule has 0 spiro atoms. The number of amides is 1. The minimum absolute atomic E-state index is 0.0614. The number of rotatable bonds is 7. The summed E-state index contributed by atoms with van der Waals surface area (Å²) in [6.07, 6.45) is 1.54. The highest BCUT2D eigenvalue weighted by atomic mass is 32.2. The lowest BCUT2D eigenvalue weighted by Crippen LogP contribution is -2.27. The van der Waals surface area contributed by atoms with E-state index in [-0.39, 0.29) is 17.3 Å². The maximum atomic E-state index is 12.6. The molecule has 2 heterocycles. The van der Waals surface area contributed by atoms with Gasteiger partial charge in [-0.3, -0.25) is 4.79 Å². The Labute approximate surface area is 156 Å². The molecule has 1 aromatic carbocycles. The summed E-state index contributed by atoms with van der Waals surface area (Å²) in [6, 6.07) is 13.3. The Morgan fingerprint density at radius 2 is 2.04 bits per heavy atom. The summed E-state index contributed by atoms with van der Waals surface area (Å²) in [6.45, 7) is 0.524. The first kappa shape index (κ1) is 18.4. The number of hydrogen-bond donors (Lipinski definition) is 1. The molecule has 3 aromatic rings. The fourth-order valence-electron chi connectivity index (χ4n) is 2.39. The lowest BCUT2D eigenvalue weighted by Gasteiger charge is -2.16. The molecular weight excluding hydrogens is 372 g/mol. The number of carbonyl (C=O) groups is 1. The molecule has 0 saturated carbocycles. The third-order valence-corrected chi connectivity index (χ3v) is 6.00. The van der Waals surface area contributed by atoms with E-state index in [1.54, 1.807) is 37.6 Å². The Kier molecular flexibility index (Phi) is 5.55. The maximum absolute atomic E-state index is 12.6. The first-order valence-electron chi connectivity index (χ1n) is 7.86. The molecule has 1 amide bonds. The SMILES string of the molecule is CN(Cc1ccco1)C(=O)c1cccc(S(=O)(=O)NCc2cccs2)c1. The lowest BCUT2D eigenvalue weighted by molar-refractivity contribution is 0.0775. The van der Waals surface area contributed by atoms with Crippen LogP contribution in [0.4, 0.5) is 0 Å². The largest absolute Gasteiger partial charge is 0.467 e. The highest BCUT2D eigenvalue weighted by Gasteiger charge is 2.18. The molecule has 136 valence electrons. The van der Waals surface area contributed by atoms with Gasteiger partial charge in [-0.1, -0.05) is 12.1 Å². The van der Waals surface area contributed by atoms with E-state index in [4.69, 9.17) is 4.42 Å². The number of hydrogen-bond acceptors (Lipinski definition) is 5. The summed E-state index contributed by atoms with van der Waals surface area (Å²) in [7, 11) is -2.06. The van der Waals surface area contributed by atoms with Gasteiger partial charge in [0.1, 0.15) is 5.76 Å². The Morgan fingerprint density at radius 3 is 2.73 bits per heavy atom. The zero-order chi connectivity index (χ0) is 18.6. The van der Waals surface area contributed by atoms with Gasteiger partial charge in [0.2, 0.25) is 10.0 Å². The summed E-state index contributed by atoms with van der Waals surface area (Å²) in [4.78, 5) is 15.0. The highest BCUT2D eigenvalue weighted by Crippen LogP contribution is 2.16. The quantitative estimate of drug-likeness (QED) is 0.672. The van der Waals surface area contributed by atoms with Gasteiger partial charge in [0.15, 0.2) is 0 Å². The van der Waals surface area contributed by atoms with Gasteiger partial charge in [-0.15, -0.1) is 11.3 Å². The van der Waals surface area contributed by atoms with Gasteiger partial charge in [0, 0.05) is 24.0 Å². The second-order valence-electron chi connectivity index (χ2n) is 5.67. The van der Waals surface area contributed by atoms with E-state index in [1.807, 2.05) is 17.5 Å². The second kappa shape index (κ2) is 7.86. The molecule has 6 nitrogen and oxygen atoms in total. The molecule has 0 aliphatic heterocycles. The topological polar surface area (TPSA) is 79.6 Å². The molecule has 0 bridgehead atoms. The molecule has 2 aromatic heterocycles. The average molecular weight is 390 g/mol. The van der Waals surface area contributed by atoms with Gasteiger partial charge in [0.25, 0.3) is 5.91 Å². The van der Waals surface area contributed by atoms with Crippen LogP contribution in [0.25, 0.3) is 0 Å². The minimum Gasteiger partial charge on any atom is -0.467 e. The van der Waals surface area contributed by atoms with Crippen molar-refractivity contribution in [1.82, 2.24) is 9.62 Å². The van der Waals surface area contributed by atoms with Crippen molar-refractivity contribution < 1.29 is 17.6 Å². The number of nitrogens with one attached hydrogen (secondary N) is 1. The van der Waals surface area contributed by atoms with Crippen LogP contribution in [0.3, 0.4) is 0 Å². The van der Waals surface area contributed by atoms with E-state index in [2.05, 4.69) is 4.72 Å². The zero-order valence-corrected chi connectivity index (χ0v) is 15.7. The average Bonchev–Trinajstić information content (AvgIpc) is 3.33. The normalized spacial score (nSPS) is 11.4. The number of sulfonamides is 1. The molecule has 3 rings (SSSR count). The molecule has 0 fully saturated rings. The predicted octanol–water partition coefficient (Wildman–Crippen LogP) is 3.09.